The van der Waals surface area contributed by atoms with Crippen molar-refractivity contribution in [1.29, 1.82) is 0 Å². The van der Waals surface area contributed by atoms with Crippen LogP contribution in [0.4, 0.5) is 5.69 Å². The van der Waals surface area contributed by atoms with Crippen LogP contribution in [-0.2, 0) is 4.79 Å². The van der Waals surface area contributed by atoms with Gasteiger partial charge in [0.25, 0.3) is 0 Å². The molecule has 4 nitrogen and oxygen atoms in total. The number of carboxylic acids is 1. The van der Waals surface area contributed by atoms with Crippen LogP contribution >= 0.6 is 11.8 Å². The first-order valence-electron chi connectivity index (χ1n) is 6.26. The average molecular weight is 281 g/mol. The second kappa shape index (κ2) is 7.84. The van der Waals surface area contributed by atoms with Crippen molar-refractivity contribution in [2.45, 2.75) is 26.7 Å². The lowest BCUT2D eigenvalue weighted by Gasteiger charge is -2.10. The molecule has 0 aliphatic rings. The third-order valence-electron chi connectivity index (χ3n) is 2.64. The van der Waals surface area contributed by atoms with E-state index in [4.69, 9.17) is 5.11 Å². The summed E-state index contributed by atoms with van der Waals surface area (Å²) in [5, 5.41) is 11.8. The predicted molar refractivity (Wildman–Crippen MR) is 79.0 cm³/mol. The van der Waals surface area contributed by atoms with Crippen molar-refractivity contribution in [2.75, 3.05) is 16.8 Å². The smallest absolute Gasteiger partial charge is 0.338 e. The molecule has 104 valence electrons. The number of unbranched alkanes of at least 4 members (excludes halogenated alkanes) is 1. The number of amides is 1. The quantitative estimate of drug-likeness (QED) is 0.753. The Hall–Kier alpha value is -1.49. The summed E-state index contributed by atoms with van der Waals surface area (Å²) < 4.78 is 0. The van der Waals surface area contributed by atoms with Crippen LogP contribution in [-0.4, -0.2) is 28.5 Å². The third-order valence-corrected chi connectivity index (χ3v) is 3.68. The SMILES string of the molecule is CCCCSCC(=O)Nc1cccc(C)c1C(=O)O. The summed E-state index contributed by atoms with van der Waals surface area (Å²) in [5.74, 6) is 0.123. The molecule has 0 aliphatic carbocycles. The van der Waals surface area contributed by atoms with E-state index in [2.05, 4.69) is 12.2 Å². The number of hydrogen-bond acceptors (Lipinski definition) is 3. The number of benzene rings is 1. The van der Waals surface area contributed by atoms with Gasteiger partial charge in [0.15, 0.2) is 0 Å². The summed E-state index contributed by atoms with van der Waals surface area (Å²) in [7, 11) is 0. The first-order chi connectivity index (χ1) is 9.06. The van der Waals surface area contributed by atoms with Gasteiger partial charge in [0, 0.05) is 0 Å². The molecule has 0 heterocycles. The third kappa shape index (κ3) is 4.95. The van der Waals surface area contributed by atoms with E-state index in [9.17, 15) is 9.59 Å². The maximum absolute atomic E-state index is 11.7. The summed E-state index contributed by atoms with van der Waals surface area (Å²) in [6, 6.07) is 5.07. The molecule has 0 aliphatic heterocycles. The molecule has 0 saturated carbocycles. The molecular weight excluding hydrogens is 262 g/mol. The number of thioether (sulfide) groups is 1. The van der Waals surface area contributed by atoms with E-state index in [1.807, 2.05) is 0 Å². The Labute approximate surface area is 117 Å². The fraction of sp³-hybridized carbons (Fsp3) is 0.429. The van der Waals surface area contributed by atoms with Gasteiger partial charge in [-0.1, -0.05) is 25.5 Å². The molecular formula is C14H19NO3S. The van der Waals surface area contributed by atoms with E-state index >= 15 is 0 Å². The molecule has 5 heteroatoms. The van der Waals surface area contributed by atoms with Crippen molar-refractivity contribution in [3.05, 3.63) is 29.3 Å². The van der Waals surface area contributed by atoms with Crippen molar-refractivity contribution in [1.82, 2.24) is 0 Å². The van der Waals surface area contributed by atoms with Gasteiger partial charge in [-0.05, 0) is 30.7 Å². The molecule has 1 aromatic carbocycles. The van der Waals surface area contributed by atoms with Crippen molar-refractivity contribution in [2.24, 2.45) is 0 Å². The van der Waals surface area contributed by atoms with E-state index in [1.54, 1.807) is 36.9 Å². The zero-order chi connectivity index (χ0) is 14.3. The molecule has 0 atom stereocenters. The first-order valence-corrected chi connectivity index (χ1v) is 7.42. The van der Waals surface area contributed by atoms with Gasteiger partial charge in [-0.15, -0.1) is 0 Å². The van der Waals surface area contributed by atoms with E-state index in [1.165, 1.54) is 0 Å². The fourth-order valence-electron chi connectivity index (χ4n) is 1.65. The lowest BCUT2D eigenvalue weighted by molar-refractivity contribution is -0.113. The highest BCUT2D eigenvalue weighted by atomic mass is 32.2. The molecule has 19 heavy (non-hydrogen) atoms. The van der Waals surface area contributed by atoms with Gasteiger partial charge in [-0.25, -0.2) is 4.79 Å². The highest BCUT2D eigenvalue weighted by Crippen LogP contribution is 2.19. The van der Waals surface area contributed by atoms with Crippen LogP contribution in [0.25, 0.3) is 0 Å². The maximum atomic E-state index is 11.7. The number of carbonyl (C=O) groups excluding carboxylic acids is 1. The summed E-state index contributed by atoms with van der Waals surface area (Å²) in [6.45, 7) is 3.82. The monoisotopic (exact) mass is 281 g/mol. The Morgan fingerprint density at radius 1 is 1.37 bits per heavy atom. The molecule has 2 N–H and O–H groups in total. The fourth-order valence-corrected chi connectivity index (χ4v) is 2.55. The Balaban J connectivity index is 2.64. The van der Waals surface area contributed by atoms with Crippen LogP contribution < -0.4 is 5.32 Å². The number of aryl methyl sites for hydroxylation is 1. The largest absolute Gasteiger partial charge is 0.478 e. The normalized spacial score (nSPS) is 10.2. The van der Waals surface area contributed by atoms with Crippen molar-refractivity contribution >= 4 is 29.3 Å². The molecule has 0 saturated heterocycles. The predicted octanol–water partition coefficient (Wildman–Crippen LogP) is 3.17. The number of anilines is 1. The minimum Gasteiger partial charge on any atom is -0.478 e. The number of nitrogens with one attached hydrogen (secondary N) is 1. The Kier molecular flexibility index (Phi) is 6.42. The molecule has 0 unspecified atom stereocenters. The standard InChI is InChI=1S/C14H19NO3S/c1-3-4-8-19-9-12(16)15-11-7-5-6-10(2)13(11)14(17)18/h5-7H,3-4,8-9H2,1-2H3,(H,15,16)(H,17,18). The van der Waals surface area contributed by atoms with E-state index < -0.39 is 5.97 Å². The zero-order valence-corrected chi connectivity index (χ0v) is 12.0. The van der Waals surface area contributed by atoms with E-state index in [0.717, 1.165) is 18.6 Å². The van der Waals surface area contributed by atoms with Crippen LogP contribution in [0, 0.1) is 6.92 Å². The Bertz CT molecular complexity index is 460. The number of carboxylic acid groups (broad SMARTS) is 1. The zero-order valence-electron chi connectivity index (χ0n) is 11.2. The summed E-state index contributed by atoms with van der Waals surface area (Å²) in [5.41, 5.74) is 1.17. The molecule has 1 aromatic rings. The van der Waals surface area contributed by atoms with Gasteiger partial charge >= 0.3 is 5.97 Å². The number of hydrogen-bond donors (Lipinski definition) is 2. The van der Waals surface area contributed by atoms with Crippen molar-refractivity contribution < 1.29 is 14.7 Å². The van der Waals surface area contributed by atoms with Gasteiger partial charge in [0.1, 0.15) is 0 Å². The van der Waals surface area contributed by atoms with Crippen LogP contribution in [0.5, 0.6) is 0 Å². The minimum atomic E-state index is -1.02. The lowest BCUT2D eigenvalue weighted by Crippen LogP contribution is -2.17. The van der Waals surface area contributed by atoms with Crippen LogP contribution in [0.15, 0.2) is 18.2 Å². The van der Waals surface area contributed by atoms with Crippen molar-refractivity contribution in [3.63, 3.8) is 0 Å². The summed E-state index contributed by atoms with van der Waals surface area (Å²) >= 11 is 1.56. The molecule has 0 radical (unpaired) electrons. The second-order valence-corrected chi connectivity index (χ2v) is 5.36. The second-order valence-electron chi connectivity index (χ2n) is 4.26. The Morgan fingerprint density at radius 3 is 2.74 bits per heavy atom. The van der Waals surface area contributed by atoms with Gasteiger partial charge in [-0.3, -0.25) is 4.79 Å². The van der Waals surface area contributed by atoms with E-state index in [0.29, 0.717) is 17.0 Å². The lowest BCUT2D eigenvalue weighted by atomic mass is 10.1. The highest BCUT2D eigenvalue weighted by Gasteiger charge is 2.14. The van der Waals surface area contributed by atoms with Crippen LogP contribution in [0.3, 0.4) is 0 Å². The summed E-state index contributed by atoms with van der Waals surface area (Å²) in [6.07, 6.45) is 2.19. The van der Waals surface area contributed by atoms with Gasteiger partial charge in [0.2, 0.25) is 5.91 Å². The van der Waals surface area contributed by atoms with Gasteiger partial charge < -0.3 is 10.4 Å². The van der Waals surface area contributed by atoms with Crippen LogP contribution in [0.2, 0.25) is 0 Å². The number of carbonyl (C=O) groups is 2. The molecule has 1 amide bonds. The topological polar surface area (TPSA) is 66.4 Å². The van der Waals surface area contributed by atoms with E-state index in [-0.39, 0.29) is 11.5 Å². The molecule has 0 bridgehead atoms. The van der Waals surface area contributed by atoms with Gasteiger partial charge in [-0.2, -0.15) is 11.8 Å². The molecule has 0 spiro atoms. The minimum absolute atomic E-state index is 0.158. The summed E-state index contributed by atoms with van der Waals surface area (Å²) in [4.78, 5) is 22.9. The maximum Gasteiger partial charge on any atom is 0.338 e. The number of aromatic carboxylic acids is 1. The van der Waals surface area contributed by atoms with Crippen LogP contribution in [0.1, 0.15) is 35.7 Å². The highest BCUT2D eigenvalue weighted by molar-refractivity contribution is 7.99. The Morgan fingerprint density at radius 2 is 2.11 bits per heavy atom. The molecule has 0 fully saturated rings. The molecule has 1 rings (SSSR count). The first kappa shape index (κ1) is 15.6. The van der Waals surface area contributed by atoms with Gasteiger partial charge in [0.05, 0.1) is 17.0 Å². The number of rotatable bonds is 7. The molecule has 0 aromatic heterocycles. The average Bonchev–Trinajstić information content (AvgIpc) is 2.34. The van der Waals surface area contributed by atoms with Crippen molar-refractivity contribution in [3.8, 4) is 0 Å².